The van der Waals surface area contributed by atoms with E-state index in [1.54, 1.807) is 7.05 Å². The zero-order valence-electron chi connectivity index (χ0n) is 11.7. The van der Waals surface area contributed by atoms with Crippen molar-refractivity contribution in [2.45, 2.75) is 19.8 Å². The van der Waals surface area contributed by atoms with Crippen molar-refractivity contribution < 1.29 is 9.21 Å². The number of carbonyl (C=O) groups is 1. The quantitative estimate of drug-likeness (QED) is 0.867. The van der Waals surface area contributed by atoms with E-state index in [9.17, 15) is 9.59 Å². The number of amides is 2. The molecule has 0 saturated carbocycles. The fourth-order valence-electron chi connectivity index (χ4n) is 1.96. The smallest absolute Gasteiger partial charge is 0.408 e. The number of urea groups is 1. The van der Waals surface area contributed by atoms with Gasteiger partial charge in [0.15, 0.2) is 5.58 Å². The van der Waals surface area contributed by atoms with Gasteiger partial charge in [0, 0.05) is 20.1 Å². The number of aromatic nitrogens is 1. The molecule has 108 valence electrons. The SMILES string of the molecule is CCCNC(=O)NCCc1ccc2c(c1)oc(=O)n2C. The van der Waals surface area contributed by atoms with Crippen LogP contribution in [0.15, 0.2) is 27.4 Å². The highest BCUT2D eigenvalue weighted by atomic mass is 16.4. The zero-order valence-corrected chi connectivity index (χ0v) is 11.7. The summed E-state index contributed by atoms with van der Waals surface area (Å²) in [4.78, 5) is 22.8. The fourth-order valence-corrected chi connectivity index (χ4v) is 1.96. The molecule has 0 aliphatic rings. The molecule has 0 radical (unpaired) electrons. The van der Waals surface area contributed by atoms with Gasteiger partial charge in [-0.1, -0.05) is 13.0 Å². The molecule has 0 spiro atoms. The van der Waals surface area contributed by atoms with E-state index in [0.717, 1.165) is 17.5 Å². The Morgan fingerprint density at radius 1 is 1.30 bits per heavy atom. The Labute approximate surface area is 116 Å². The molecule has 1 aromatic heterocycles. The minimum atomic E-state index is -0.366. The minimum absolute atomic E-state index is 0.154. The Hall–Kier alpha value is -2.24. The highest BCUT2D eigenvalue weighted by molar-refractivity contribution is 5.74. The topological polar surface area (TPSA) is 76.3 Å². The first-order valence-electron chi connectivity index (χ1n) is 6.72. The van der Waals surface area contributed by atoms with Crippen LogP contribution in [0.4, 0.5) is 4.79 Å². The molecule has 0 aliphatic heterocycles. The summed E-state index contributed by atoms with van der Waals surface area (Å²) in [6.45, 7) is 3.22. The van der Waals surface area contributed by atoms with Crippen LogP contribution < -0.4 is 16.4 Å². The van der Waals surface area contributed by atoms with Gasteiger partial charge in [0.05, 0.1) is 5.52 Å². The van der Waals surface area contributed by atoms with Gasteiger partial charge in [-0.25, -0.2) is 9.59 Å². The van der Waals surface area contributed by atoms with Gasteiger partial charge >= 0.3 is 11.8 Å². The van der Waals surface area contributed by atoms with Crippen molar-refractivity contribution >= 4 is 17.1 Å². The van der Waals surface area contributed by atoms with Gasteiger partial charge < -0.3 is 15.1 Å². The van der Waals surface area contributed by atoms with Crippen LogP contribution in [-0.2, 0) is 13.5 Å². The molecule has 2 N–H and O–H groups in total. The van der Waals surface area contributed by atoms with Crippen LogP contribution in [-0.4, -0.2) is 23.7 Å². The normalized spacial score (nSPS) is 10.7. The molecule has 6 heteroatoms. The Balaban J connectivity index is 1.94. The number of oxazole rings is 1. The summed E-state index contributed by atoms with van der Waals surface area (Å²) in [6.07, 6.45) is 1.60. The lowest BCUT2D eigenvalue weighted by molar-refractivity contribution is 0.241. The summed E-state index contributed by atoms with van der Waals surface area (Å²) in [7, 11) is 1.67. The predicted octanol–water partition coefficient (Wildman–Crippen LogP) is 1.38. The zero-order chi connectivity index (χ0) is 14.5. The molecule has 1 aromatic carbocycles. The number of hydrogen-bond acceptors (Lipinski definition) is 3. The highest BCUT2D eigenvalue weighted by Gasteiger charge is 2.06. The Bertz CT molecular complexity index is 657. The largest absolute Gasteiger partial charge is 0.419 e. The summed E-state index contributed by atoms with van der Waals surface area (Å²) in [5.74, 6) is -0.366. The Morgan fingerprint density at radius 3 is 2.80 bits per heavy atom. The summed E-state index contributed by atoms with van der Waals surface area (Å²) in [5, 5.41) is 5.53. The van der Waals surface area contributed by atoms with Gasteiger partial charge in [-0.05, 0) is 30.5 Å². The Kier molecular flexibility index (Phi) is 4.45. The van der Waals surface area contributed by atoms with E-state index >= 15 is 0 Å². The Morgan fingerprint density at radius 2 is 2.05 bits per heavy atom. The van der Waals surface area contributed by atoms with Crippen molar-refractivity contribution in [3.05, 3.63) is 34.3 Å². The average molecular weight is 277 g/mol. The standard InChI is InChI=1S/C14H19N3O3/c1-3-7-15-13(18)16-8-6-10-4-5-11-12(9-10)20-14(19)17(11)2/h4-5,9H,3,6-8H2,1-2H3,(H2,15,16,18). The number of fused-ring (bicyclic) bond motifs is 1. The van der Waals surface area contributed by atoms with Crippen LogP contribution in [0.25, 0.3) is 11.1 Å². The van der Waals surface area contributed by atoms with Gasteiger partial charge in [0.2, 0.25) is 0 Å². The maximum Gasteiger partial charge on any atom is 0.419 e. The molecule has 20 heavy (non-hydrogen) atoms. The number of rotatable bonds is 5. The van der Waals surface area contributed by atoms with Crippen molar-refractivity contribution in [2.24, 2.45) is 7.05 Å². The van der Waals surface area contributed by atoms with Gasteiger partial charge in [-0.3, -0.25) is 4.57 Å². The molecular weight excluding hydrogens is 258 g/mol. The molecule has 2 amide bonds. The number of aryl methyl sites for hydroxylation is 1. The molecule has 0 unspecified atom stereocenters. The molecule has 6 nitrogen and oxygen atoms in total. The molecule has 1 heterocycles. The molecule has 2 aromatic rings. The summed E-state index contributed by atoms with van der Waals surface area (Å²) >= 11 is 0. The van der Waals surface area contributed by atoms with Crippen LogP contribution in [0.3, 0.4) is 0 Å². The summed E-state index contributed by atoms with van der Waals surface area (Å²) < 4.78 is 6.60. The van der Waals surface area contributed by atoms with Crippen LogP contribution in [0, 0.1) is 0 Å². The third-order valence-electron chi connectivity index (χ3n) is 3.09. The maximum absolute atomic E-state index is 11.4. The lowest BCUT2D eigenvalue weighted by Gasteiger charge is -2.06. The van der Waals surface area contributed by atoms with Crippen molar-refractivity contribution in [3.63, 3.8) is 0 Å². The molecule has 0 bridgehead atoms. The highest BCUT2D eigenvalue weighted by Crippen LogP contribution is 2.14. The van der Waals surface area contributed by atoms with Gasteiger partial charge in [0.25, 0.3) is 0 Å². The second kappa shape index (κ2) is 6.27. The summed E-state index contributed by atoms with van der Waals surface area (Å²) in [6, 6.07) is 5.47. The third kappa shape index (κ3) is 3.20. The number of nitrogens with zero attached hydrogens (tertiary/aromatic N) is 1. The molecule has 0 atom stereocenters. The fraction of sp³-hybridized carbons (Fsp3) is 0.429. The average Bonchev–Trinajstić information content (AvgIpc) is 2.71. The monoisotopic (exact) mass is 277 g/mol. The van der Waals surface area contributed by atoms with Gasteiger partial charge in [0.1, 0.15) is 0 Å². The van der Waals surface area contributed by atoms with Crippen LogP contribution in [0.5, 0.6) is 0 Å². The molecule has 0 fully saturated rings. The predicted molar refractivity (Wildman–Crippen MR) is 76.9 cm³/mol. The van der Waals surface area contributed by atoms with Crippen molar-refractivity contribution in [1.29, 1.82) is 0 Å². The van der Waals surface area contributed by atoms with Crippen LogP contribution in [0.1, 0.15) is 18.9 Å². The molecule has 2 rings (SSSR count). The first-order valence-corrected chi connectivity index (χ1v) is 6.72. The van der Waals surface area contributed by atoms with E-state index in [2.05, 4.69) is 10.6 Å². The van der Waals surface area contributed by atoms with Crippen molar-refractivity contribution in [1.82, 2.24) is 15.2 Å². The second-order valence-corrected chi connectivity index (χ2v) is 4.66. The van der Waals surface area contributed by atoms with E-state index in [1.807, 2.05) is 25.1 Å². The molecular formula is C14H19N3O3. The van der Waals surface area contributed by atoms with Crippen molar-refractivity contribution in [3.8, 4) is 0 Å². The molecule has 0 saturated heterocycles. The summed E-state index contributed by atoms with van der Waals surface area (Å²) in [5.41, 5.74) is 2.36. The van der Waals surface area contributed by atoms with E-state index in [0.29, 0.717) is 25.1 Å². The van der Waals surface area contributed by atoms with E-state index < -0.39 is 0 Å². The third-order valence-corrected chi connectivity index (χ3v) is 3.09. The number of hydrogen-bond donors (Lipinski definition) is 2. The minimum Gasteiger partial charge on any atom is -0.408 e. The van der Waals surface area contributed by atoms with E-state index in [1.165, 1.54) is 4.57 Å². The van der Waals surface area contributed by atoms with Crippen molar-refractivity contribution in [2.75, 3.05) is 13.1 Å². The number of carbonyl (C=O) groups excluding carboxylic acids is 1. The lowest BCUT2D eigenvalue weighted by atomic mass is 10.1. The maximum atomic E-state index is 11.4. The molecule has 0 aliphatic carbocycles. The van der Waals surface area contributed by atoms with E-state index in [4.69, 9.17) is 4.42 Å². The number of benzene rings is 1. The first-order chi connectivity index (χ1) is 9.61. The van der Waals surface area contributed by atoms with Gasteiger partial charge in [-0.15, -0.1) is 0 Å². The lowest BCUT2D eigenvalue weighted by Crippen LogP contribution is -2.36. The number of nitrogens with one attached hydrogen (secondary N) is 2. The second-order valence-electron chi connectivity index (χ2n) is 4.66. The van der Waals surface area contributed by atoms with Crippen LogP contribution in [0.2, 0.25) is 0 Å². The van der Waals surface area contributed by atoms with Crippen LogP contribution >= 0.6 is 0 Å². The van der Waals surface area contributed by atoms with E-state index in [-0.39, 0.29) is 11.8 Å². The first kappa shape index (κ1) is 14.2. The van der Waals surface area contributed by atoms with Gasteiger partial charge in [-0.2, -0.15) is 0 Å².